The fourth-order valence-corrected chi connectivity index (χ4v) is 2.35. The lowest BCUT2D eigenvalue weighted by atomic mass is 10.1. The molecule has 1 N–H and O–H groups in total. The van der Waals surface area contributed by atoms with Gasteiger partial charge in [-0.25, -0.2) is 8.96 Å². The number of ketones is 1. The minimum Gasteiger partial charge on any atom is -1.00 e. The molecule has 0 spiro atoms. The normalized spacial score (nSPS) is 12.2. The van der Waals surface area contributed by atoms with Gasteiger partial charge in [-0.1, -0.05) is 0 Å². The van der Waals surface area contributed by atoms with Crippen LogP contribution in [-0.2, 0) is 13.0 Å². The zero-order valence-corrected chi connectivity index (χ0v) is 11.5. The standard InChI is InChI=1S/C15H13FN2O.ClH/c16-13-5-3-11(4-6-13)14(19)10-18-9-1-2-12-7-8-17-15(12)18;/h1-6,9H,7-8,10H2;1H. The first-order chi connectivity index (χ1) is 9.24. The molecule has 3 rings (SSSR count). The number of anilines is 1. The molecule has 0 aliphatic carbocycles. The summed E-state index contributed by atoms with van der Waals surface area (Å²) in [6, 6.07) is 9.68. The molecule has 0 atom stereocenters. The van der Waals surface area contributed by atoms with Gasteiger partial charge in [-0.2, -0.15) is 0 Å². The second-order valence-electron chi connectivity index (χ2n) is 4.62. The summed E-state index contributed by atoms with van der Waals surface area (Å²) in [5.74, 6) is 0.663. The molecule has 20 heavy (non-hydrogen) atoms. The maximum Gasteiger partial charge on any atom is 0.278 e. The van der Waals surface area contributed by atoms with E-state index >= 15 is 0 Å². The quantitative estimate of drug-likeness (QED) is 0.580. The number of rotatable bonds is 3. The van der Waals surface area contributed by atoms with Crippen LogP contribution in [0, 0.1) is 5.82 Å². The average molecular weight is 293 g/mol. The first-order valence-corrected chi connectivity index (χ1v) is 6.28. The number of halogens is 2. The number of nitrogens with one attached hydrogen (secondary N) is 1. The van der Waals surface area contributed by atoms with Crippen molar-refractivity contribution in [2.45, 2.75) is 13.0 Å². The lowest BCUT2D eigenvalue weighted by molar-refractivity contribution is -0.669. The fourth-order valence-electron chi connectivity index (χ4n) is 2.35. The van der Waals surface area contributed by atoms with Crippen LogP contribution >= 0.6 is 0 Å². The Morgan fingerprint density at radius 1 is 1.25 bits per heavy atom. The van der Waals surface area contributed by atoms with E-state index in [4.69, 9.17) is 0 Å². The summed E-state index contributed by atoms with van der Waals surface area (Å²) in [4.78, 5) is 12.2. The molecule has 2 heterocycles. The average Bonchev–Trinajstić information content (AvgIpc) is 2.89. The molecular formula is C15H14ClFN2O. The number of pyridine rings is 1. The van der Waals surface area contributed by atoms with Crippen molar-refractivity contribution in [3.63, 3.8) is 0 Å². The van der Waals surface area contributed by atoms with Crippen molar-refractivity contribution < 1.29 is 26.2 Å². The predicted molar refractivity (Wildman–Crippen MR) is 69.6 cm³/mol. The summed E-state index contributed by atoms with van der Waals surface area (Å²) in [5, 5.41) is 3.29. The molecule has 2 aromatic rings. The first-order valence-electron chi connectivity index (χ1n) is 6.28. The molecule has 5 heteroatoms. The fraction of sp³-hybridized carbons (Fsp3) is 0.200. The van der Waals surface area contributed by atoms with E-state index in [0.717, 1.165) is 18.8 Å². The molecule has 1 aliphatic rings. The Bertz CT molecular complexity index is 628. The number of nitrogens with zero attached hydrogens (tertiary/aromatic N) is 1. The van der Waals surface area contributed by atoms with Crippen LogP contribution in [0.4, 0.5) is 10.2 Å². The van der Waals surface area contributed by atoms with Crippen LogP contribution in [0.2, 0.25) is 0 Å². The number of Topliss-reactive ketones (excluding diaryl/α,β-unsaturated/α-hetero) is 1. The molecule has 0 radical (unpaired) electrons. The Labute approximate surface area is 122 Å². The van der Waals surface area contributed by atoms with Gasteiger partial charge in [-0.3, -0.25) is 10.1 Å². The zero-order chi connectivity index (χ0) is 13.2. The highest BCUT2D eigenvalue weighted by molar-refractivity contribution is 5.95. The summed E-state index contributed by atoms with van der Waals surface area (Å²) >= 11 is 0. The predicted octanol–water partition coefficient (Wildman–Crippen LogP) is -1.03. The Kier molecular flexibility index (Phi) is 4.35. The van der Waals surface area contributed by atoms with Crippen LogP contribution in [0.3, 0.4) is 0 Å². The summed E-state index contributed by atoms with van der Waals surface area (Å²) in [6.45, 7) is 1.17. The van der Waals surface area contributed by atoms with Gasteiger partial charge in [0.05, 0.1) is 12.7 Å². The number of carbonyl (C=O) groups is 1. The molecule has 0 amide bonds. The third-order valence-electron chi connectivity index (χ3n) is 3.32. The van der Waals surface area contributed by atoms with Crippen molar-refractivity contribution in [3.05, 3.63) is 59.5 Å². The molecule has 1 aliphatic heterocycles. The number of carbonyl (C=O) groups excluding carboxylic acids is 1. The molecule has 0 unspecified atom stereocenters. The van der Waals surface area contributed by atoms with Crippen LogP contribution in [-0.4, -0.2) is 12.3 Å². The molecule has 104 valence electrons. The van der Waals surface area contributed by atoms with Crippen molar-refractivity contribution in [1.29, 1.82) is 0 Å². The third kappa shape index (κ3) is 2.80. The van der Waals surface area contributed by atoms with Crippen molar-refractivity contribution >= 4 is 11.6 Å². The molecule has 0 saturated heterocycles. The minimum atomic E-state index is -0.327. The van der Waals surface area contributed by atoms with Crippen LogP contribution in [0.5, 0.6) is 0 Å². The van der Waals surface area contributed by atoms with Gasteiger partial charge in [-0.15, -0.1) is 0 Å². The molecule has 0 fully saturated rings. The maximum atomic E-state index is 12.8. The van der Waals surface area contributed by atoms with Gasteiger partial charge in [0.15, 0.2) is 6.54 Å². The van der Waals surface area contributed by atoms with E-state index in [1.54, 1.807) is 0 Å². The Hall–Kier alpha value is -1.94. The summed E-state index contributed by atoms with van der Waals surface area (Å²) in [6.07, 6.45) is 2.87. The van der Waals surface area contributed by atoms with Crippen molar-refractivity contribution in [3.8, 4) is 0 Å². The van der Waals surface area contributed by atoms with E-state index in [0.29, 0.717) is 5.56 Å². The van der Waals surface area contributed by atoms with Crippen LogP contribution in [0.25, 0.3) is 0 Å². The molecule has 1 aromatic heterocycles. The Morgan fingerprint density at radius 2 is 2.00 bits per heavy atom. The van der Waals surface area contributed by atoms with Crippen molar-refractivity contribution in [2.75, 3.05) is 11.9 Å². The van der Waals surface area contributed by atoms with Crippen molar-refractivity contribution in [1.82, 2.24) is 0 Å². The molecule has 0 bridgehead atoms. The Morgan fingerprint density at radius 3 is 2.75 bits per heavy atom. The van der Waals surface area contributed by atoms with E-state index in [9.17, 15) is 9.18 Å². The van der Waals surface area contributed by atoms with Crippen LogP contribution in [0.1, 0.15) is 15.9 Å². The number of benzene rings is 1. The van der Waals surface area contributed by atoms with Gasteiger partial charge in [0.1, 0.15) is 5.82 Å². The number of fused-ring (bicyclic) bond motifs is 1. The summed E-state index contributed by atoms with van der Waals surface area (Å²) in [7, 11) is 0. The number of aromatic nitrogens is 1. The van der Waals surface area contributed by atoms with Crippen LogP contribution in [0.15, 0.2) is 42.6 Å². The largest absolute Gasteiger partial charge is 1.00 e. The lowest BCUT2D eigenvalue weighted by Crippen LogP contribution is -3.00. The molecule has 0 saturated carbocycles. The minimum absolute atomic E-state index is 0. The van der Waals surface area contributed by atoms with Gasteiger partial charge in [0, 0.05) is 17.5 Å². The SMILES string of the molecule is O=C(C[n+]1cccc2c1NCC2)c1ccc(F)cc1.[Cl-]. The van der Waals surface area contributed by atoms with E-state index in [2.05, 4.69) is 11.4 Å². The smallest absolute Gasteiger partial charge is 0.278 e. The van der Waals surface area contributed by atoms with Gasteiger partial charge in [0.2, 0.25) is 5.78 Å². The summed E-state index contributed by atoms with van der Waals surface area (Å²) < 4.78 is 14.7. The van der Waals surface area contributed by atoms with Gasteiger partial charge < -0.3 is 12.4 Å². The van der Waals surface area contributed by atoms with Crippen molar-refractivity contribution in [2.24, 2.45) is 0 Å². The first kappa shape index (κ1) is 14.5. The molecule has 3 nitrogen and oxygen atoms in total. The highest BCUT2D eigenvalue weighted by atomic mass is 35.5. The van der Waals surface area contributed by atoms with E-state index in [-0.39, 0.29) is 30.6 Å². The van der Waals surface area contributed by atoms with Crippen LogP contribution < -0.4 is 22.3 Å². The zero-order valence-electron chi connectivity index (χ0n) is 10.8. The van der Waals surface area contributed by atoms with Gasteiger partial charge in [0.25, 0.3) is 5.82 Å². The molecule has 1 aromatic carbocycles. The van der Waals surface area contributed by atoms with Gasteiger partial charge in [-0.05, 0) is 36.4 Å². The monoisotopic (exact) mass is 292 g/mol. The maximum absolute atomic E-state index is 12.8. The highest BCUT2D eigenvalue weighted by Gasteiger charge is 2.22. The molecular weight excluding hydrogens is 279 g/mol. The Balaban J connectivity index is 0.00000147. The number of hydrogen-bond acceptors (Lipinski definition) is 2. The topological polar surface area (TPSA) is 33.0 Å². The second kappa shape index (κ2) is 6.01. The highest BCUT2D eigenvalue weighted by Crippen LogP contribution is 2.16. The number of hydrogen-bond donors (Lipinski definition) is 1. The second-order valence-corrected chi connectivity index (χ2v) is 4.62. The van der Waals surface area contributed by atoms with Gasteiger partial charge >= 0.3 is 0 Å². The lowest BCUT2D eigenvalue weighted by Gasteiger charge is -2.04. The van der Waals surface area contributed by atoms with E-state index in [1.807, 2.05) is 16.8 Å². The summed E-state index contributed by atoms with van der Waals surface area (Å²) in [5.41, 5.74) is 1.76. The third-order valence-corrected chi connectivity index (χ3v) is 3.32. The van der Waals surface area contributed by atoms with E-state index < -0.39 is 0 Å². The van der Waals surface area contributed by atoms with E-state index in [1.165, 1.54) is 29.8 Å².